The first-order chi connectivity index (χ1) is 10.6. The average molecular weight is 337 g/mol. The van der Waals surface area contributed by atoms with E-state index < -0.39 is 10.8 Å². The first-order valence-electron chi connectivity index (χ1n) is 7.01. The summed E-state index contributed by atoms with van der Waals surface area (Å²) in [5, 5.41) is 2.80. The van der Waals surface area contributed by atoms with E-state index in [1.807, 2.05) is 26.0 Å². The molecule has 2 rings (SSSR count). The Bertz CT molecular complexity index is 650. The van der Waals surface area contributed by atoms with E-state index in [0.717, 1.165) is 10.6 Å². The number of hydrogen-bond donors (Lipinski definition) is 1. The highest BCUT2D eigenvalue weighted by atomic mass is 32.2. The monoisotopic (exact) mass is 337 g/mol. The molecule has 1 unspecified atom stereocenters. The van der Waals surface area contributed by atoms with E-state index in [2.05, 4.69) is 5.32 Å². The SMILES string of the molecule is CCOc1ccc(S(=O)CC(=O)NCc2ccc(C)s2)cc1. The van der Waals surface area contributed by atoms with E-state index in [9.17, 15) is 9.00 Å². The molecule has 1 aromatic heterocycles. The minimum atomic E-state index is -1.34. The minimum Gasteiger partial charge on any atom is -0.494 e. The predicted octanol–water partition coefficient (Wildman–Crippen LogP) is 2.88. The van der Waals surface area contributed by atoms with E-state index in [4.69, 9.17) is 4.74 Å². The Kier molecular flexibility index (Phi) is 6.15. The summed E-state index contributed by atoms with van der Waals surface area (Å²) in [5.74, 6) is 0.497. The van der Waals surface area contributed by atoms with Gasteiger partial charge in [-0.15, -0.1) is 11.3 Å². The molecular formula is C16H19NO3S2. The van der Waals surface area contributed by atoms with Gasteiger partial charge in [-0.05, 0) is 50.2 Å². The number of rotatable bonds is 7. The number of aryl methyl sites for hydroxylation is 1. The summed E-state index contributed by atoms with van der Waals surface area (Å²) in [4.78, 5) is 14.8. The van der Waals surface area contributed by atoms with Crippen molar-refractivity contribution in [2.75, 3.05) is 12.4 Å². The summed E-state index contributed by atoms with van der Waals surface area (Å²) in [6.07, 6.45) is 0. The Morgan fingerprint density at radius 2 is 1.95 bits per heavy atom. The van der Waals surface area contributed by atoms with Crippen molar-refractivity contribution in [1.29, 1.82) is 0 Å². The maximum Gasteiger partial charge on any atom is 0.233 e. The highest BCUT2D eigenvalue weighted by molar-refractivity contribution is 7.85. The first-order valence-corrected chi connectivity index (χ1v) is 9.15. The number of nitrogens with one attached hydrogen (secondary N) is 1. The molecular weight excluding hydrogens is 318 g/mol. The lowest BCUT2D eigenvalue weighted by molar-refractivity contribution is -0.118. The third-order valence-corrected chi connectivity index (χ3v) is 5.24. The quantitative estimate of drug-likeness (QED) is 0.845. The van der Waals surface area contributed by atoms with Gasteiger partial charge in [-0.25, -0.2) is 0 Å². The average Bonchev–Trinajstić information content (AvgIpc) is 2.92. The molecule has 1 amide bonds. The molecule has 0 saturated heterocycles. The number of hydrogen-bond acceptors (Lipinski definition) is 4. The Hall–Kier alpha value is -1.66. The molecule has 1 N–H and O–H groups in total. The molecule has 0 fully saturated rings. The maximum atomic E-state index is 12.2. The van der Waals surface area contributed by atoms with Gasteiger partial charge in [-0.1, -0.05) is 0 Å². The van der Waals surface area contributed by atoms with Crippen LogP contribution in [0.3, 0.4) is 0 Å². The maximum absolute atomic E-state index is 12.2. The van der Waals surface area contributed by atoms with Crippen LogP contribution in [-0.2, 0) is 22.1 Å². The van der Waals surface area contributed by atoms with Crippen LogP contribution in [0.15, 0.2) is 41.3 Å². The second-order valence-electron chi connectivity index (χ2n) is 4.68. The van der Waals surface area contributed by atoms with Crippen molar-refractivity contribution in [3.05, 3.63) is 46.2 Å². The Morgan fingerprint density at radius 3 is 2.55 bits per heavy atom. The van der Waals surface area contributed by atoms with Gasteiger partial charge in [-0.3, -0.25) is 9.00 Å². The van der Waals surface area contributed by atoms with Crippen LogP contribution in [0.1, 0.15) is 16.7 Å². The zero-order valence-electron chi connectivity index (χ0n) is 12.6. The van der Waals surface area contributed by atoms with Gasteiger partial charge in [0.1, 0.15) is 11.5 Å². The van der Waals surface area contributed by atoms with Crippen LogP contribution in [0.4, 0.5) is 0 Å². The molecule has 1 heterocycles. The summed E-state index contributed by atoms with van der Waals surface area (Å²) in [5.41, 5.74) is 0. The molecule has 118 valence electrons. The van der Waals surface area contributed by atoms with Crippen LogP contribution >= 0.6 is 11.3 Å². The summed E-state index contributed by atoms with van der Waals surface area (Å²) in [6, 6.07) is 11.0. The van der Waals surface area contributed by atoms with Gasteiger partial charge in [-0.2, -0.15) is 0 Å². The number of carbonyl (C=O) groups excluding carboxylic acids is 1. The minimum absolute atomic E-state index is 0.0294. The van der Waals surface area contributed by atoms with Gasteiger partial charge < -0.3 is 10.1 Å². The smallest absolute Gasteiger partial charge is 0.233 e. The highest BCUT2D eigenvalue weighted by Gasteiger charge is 2.10. The third kappa shape index (κ3) is 4.96. The summed E-state index contributed by atoms with van der Waals surface area (Å²) >= 11 is 1.65. The fourth-order valence-electron chi connectivity index (χ4n) is 1.87. The third-order valence-electron chi connectivity index (χ3n) is 2.92. The summed E-state index contributed by atoms with van der Waals surface area (Å²) in [6.45, 7) is 5.01. The fraction of sp³-hybridized carbons (Fsp3) is 0.312. The number of carbonyl (C=O) groups is 1. The van der Waals surface area contributed by atoms with Crippen LogP contribution < -0.4 is 10.1 Å². The van der Waals surface area contributed by atoms with Crippen molar-refractivity contribution in [2.45, 2.75) is 25.3 Å². The van der Waals surface area contributed by atoms with Crippen molar-refractivity contribution in [2.24, 2.45) is 0 Å². The molecule has 0 aliphatic rings. The van der Waals surface area contributed by atoms with Gasteiger partial charge in [0.25, 0.3) is 0 Å². The van der Waals surface area contributed by atoms with Crippen LogP contribution in [0.5, 0.6) is 5.75 Å². The summed E-state index contributed by atoms with van der Waals surface area (Å²) in [7, 11) is -1.34. The molecule has 6 heteroatoms. The number of thiophene rings is 1. The fourth-order valence-corrected chi connectivity index (χ4v) is 3.65. The normalized spacial score (nSPS) is 11.9. The van der Waals surface area contributed by atoms with Gasteiger partial charge >= 0.3 is 0 Å². The topological polar surface area (TPSA) is 55.4 Å². The summed E-state index contributed by atoms with van der Waals surface area (Å²) < 4.78 is 17.5. The lowest BCUT2D eigenvalue weighted by Gasteiger charge is -2.06. The molecule has 1 aromatic carbocycles. The van der Waals surface area contributed by atoms with E-state index in [1.54, 1.807) is 35.6 Å². The van der Waals surface area contributed by atoms with Gasteiger partial charge in [0.15, 0.2) is 0 Å². The second kappa shape index (κ2) is 8.10. The molecule has 0 aliphatic carbocycles. The van der Waals surface area contributed by atoms with E-state index in [1.165, 1.54) is 4.88 Å². The van der Waals surface area contributed by atoms with Crippen molar-refractivity contribution >= 4 is 28.0 Å². The predicted molar refractivity (Wildman–Crippen MR) is 89.8 cm³/mol. The van der Waals surface area contributed by atoms with Gasteiger partial charge in [0, 0.05) is 14.6 Å². The van der Waals surface area contributed by atoms with E-state index >= 15 is 0 Å². The highest BCUT2D eigenvalue weighted by Crippen LogP contribution is 2.16. The van der Waals surface area contributed by atoms with Crippen LogP contribution in [-0.4, -0.2) is 22.5 Å². The molecule has 22 heavy (non-hydrogen) atoms. The van der Waals surface area contributed by atoms with Crippen LogP contribution in [0.25, 0.3) is 0 Å². The second-order valence-corrected chi connectivity index (χ2v) is 7.51. The van der Waals surface area contributed by atoms with Gasteiger partial charge in [0.05, 0.1) is 24.0 Å². The Balaban J connectivity index is 1.83. The standard InChI is InChI=1S/C16H19NO3S2/c1-3-20-13-5-8-15(9-6-13)22(19)11-16(18)17-10-14-7-4-12(2)21-14/h4-9H,3,10-11H2,1-2H3,(H,17,18). The zero-order valence-corrected chi connectivity index (χ0v) is 14.3. The zero-order chi connectivity index (χ0) is 15.9. The molecule has 0 aliphatic heterocycles. The van der Waals surface area contributed by atoms with Crippen molar-refractivity contribution in [3.63, 3.8) is 0 Å². The van der Waals surface area contributed by atoms with E-state index in [-0.39, 0.29) is 11.7 Å². The molecule has 4 nitrogen and oxygen atoms in total. The first kappa shape index (κ1) is 16.7. The lowest BCUT2D eigenvalue weighted by Crippen LogP contribution is -2.27. The number of amides is 1. The molecule has 2 aromatic rings. The molecule has 0 spiro atoms. The van der Waals surface area contributed by atoms with Crippen molar-refractivity contribution in [1.82, 2.24) is 5.32 Å². The van der Waals surface area contributed by atoms with Crippen LogP contribution in [0, 0.1) is 6.92 Å². The van der Waals surface area contributed by atoms with E-state index in [0.29, 0.717) is 18.0 Å². The van der Waals surface area contributed by atoms with Crippen molar-refractivity contribution < 1.29 is 13.7 Å². The Labute approximate surface area is 137 Å². The van der Waals surface area contributed by atoms with Crippen LogP contribution in [0.2, 0.25) is 0 Å². The number of ether oxygens (including phenoxy) is 1. The largest absolute Gasteiger partial charge is 0.494 e. The van der Waals surface area contributed by atoms with Gasteiger partial charge in [0.2, 0.25) is 5.91 Å². The molecule has 0 radical (unpaired) electrons. The molecule has 0 saturated carbocycles. The molecule has 0 bridgehead atoms. The Morgan fingerprint density at radius 1 is 1.23 bits per heavy atom. The number of benzene rings is 1. The molecule has 1 atom stereocenters. The van der Waals surface area contributed by atoms with Crippen molar-refractivity contribution in [3.8, 4) is 5.75 Å². The lowest BCUT2D eigenvalue weighted by atomic mass is 10.3.